The third kappa shape index (κ3) is 2.69. The highest BCUT2D eigenvalue weighted by atomic mass is 16.5. The molecular weight excluding hydrogens is 244 g/mol. The lowest BCUT2D eigenvalue weighted by Gasteiger charge is -2.18. The van der Waals surface area contributed by atoms with E-state index < -0.39 is 11.9 Å². The molecule has 0 saturated heterocycles. The number of hydrogen-bond donors (Lipinski definition) is 1. The summed E-state index contributed by atoms with van der Waals surface area (Å²) < 4.78 is 5.31. The lowest BCUT2D eigenvalue weighted by atomic mass is 9.93. The Kier molecular flexibility index (Phi) is 3.73. The van der Waals surface area contributed by atoms with Gasteiger partial charge in [0, 0.05) is 11.6 Å². The molecule has 1 aromatic heterocycles. The Balaban J connectivity index is 2.51. The maximum atomic E-state index is 11.5. The van der Waals surface area contributed by atoms with Gasteiger partial charge < -0.3 is 9.84 Å². The summed E-state index contributed by atoms with van der Waals surface area (Å²) in [5.74, 6) is 0.124. The molecule has 1 fully saturated rings. The van der Waals surface area contributed by atoms with E-state index in [1.165, 1.54) is 7.11 Å². The smallest absolute Gasteiger partial charge is 0.311 e. The number of aromatic nitrogens is 2. The van der Waals surface area contributed by atoms with Crippen molar-refractivity contribution in [3.8, 4) is 5.88 Å². The van der Waals surface area contributed by atoms with Crippen molar-refractivity contribution < 1.29 is 14.6 Å². The molecule has 0 amide bonds. The highest BCUT2D eigenvalue weighted by molar-refractivity contribution is 5.78. The van der Waals surface area contributed by atoms with Gasteiger partial charge in [-0.05, 0) is 25.7 Å². The van der Waals surface area contributed by atoms with Gasteiger partial charge in [0.05, 0.1) is 18.6 Å². The minimum atomic E-state index is -0.815. The Morgan fingerprint density at radius 2 is 2.00 bits per heavy atom. The topological polar surface area (TPSA) is 72.3 Å². The monoisotopic (exact) mass is 264 g/mol. The molecule has 2 rings (SSSR count). The summed E-state index contributed by atoms with van der Waals surface area (Å²) in [7, 11) is 1.53. The third-order valence-electron chi connectivity index (χ3n) is 3.50. The summed E-state index contributed by atoms with van der Waals surface area (Å²) in [5, 5.41) is 9.45. The van der Waals surface area contributed by atoms with Crippen LogP contribution >= 0.6 is 0 Å². The summed E-state index contributed by atoms with van der Waals surface area (Å²) in [6.07, 6.45) is 1.90. The van der Waals surface area contributed by atoms with Crippen LogP contribution in [0.3, 0.4) is 0 Å². The van der Waals surface area contributed by atoms with Gasteiger partial charge in [-0.25, -0.2) is 4.98 Å². The second-order valence-corrected chi connectivity index (χ2v) is 5.40. The van der Waals surface area contributed by atoms with Gasteiger partial charge >= 0.3 is 5.97 Å². The summed E-state index contributed by atoms with van der Waals surface area (Å²) in [5.41, 5.74) is 1.36. The molecule has 1 atom stereocenters. The molecule has 1 N–H and O–H groups in total. The SMILES string of the molecule is COc1nc(C(C)C)nc(C)c1C(C(=O)O)C1CC1. The number of carbonyl (C=O) groups is 1. The van der Waals surface area contributed by atoms with Crippen LogP contribution in [0.15, 0.2) is 0 Å². The molecule has 5 heteroatoms. The van der Waals surface area contributed by atoms with E-state index in [4.69, 9.17) is 4.74 Å². The van der Waals surface area contributed by atoms with Crippen molar-refractivity contribution in [2.75, 3.05) is 7.11 Å². The van der Waals surface area contributed by atoms with Crippen molar-refractivity contribution in [3.05, 3.63) is 17.1 Å². The highest BCUT2D eigenvalue weighted by Crippen LogP contribution is 2.45. The normalized spacial score (nSPS) is 16.5. The Bertz CT molecular complexity index is 496. The molecule has 1 aliphatic rings. The molecule has 0 spiro atoms. The first-order valence-corrected chi connectivity index (χ1v) is 6.61. The van der Waals surface area contributed by atoms with Crippen LogP contribution in [0.4, 0.5) is 0 Å². The predicted octanol–water partition coefficient (Wildman–Crippen LogP) is 2.50. The second-order valence-electron chi connectivity index (χ2n) is 5.40. The van der Waals surface area contributed by atoms with Gasteiger partial charge in [0.1, 0.15) is 5.82 Å². The van der Waals surface area contributed by atoms with Crippen LogP contribution in [0.5, 0.6) is 5.88 Å². The number of carboxylic acid groups (broad SMARTS) is 1. The van der Waals surface area contributed by atoms with Crippen LogP contribution in [0, 0.1) is 12.8 Å². The Morgan fingerprint density at radius 3 is 2.42 bits per heavy atom. The van der Waals surface area contributed by atoms with Gasteiger partial charge in [-0.1, -0.05) is 13.8 Å². The first-order valence-electron chi connectivity index (χ1n) is 6.61. The molecule has 0 bridgehead atoms. The number of ether oxygens (including phenoxy) is 1. The van der Waals surface area contributed by atoms with Gasteiger partial charge in [0.15, 0.2) is 0 Å². The Morgan fingerprint density at radius 1 is 1.37 bits per heavy atom. The van der Waals surface area contributed by atoms with Crippen LogP contribution in [-0.2, 0) is 4.79 Å². The molecule has 1 heterocycles. The van der Waals surface area contributed by atoms with Crippen molar-refractivity contribution in [2.24, 2.45) is 5.92 Å². The number of methoxy groups -OCH3 is 1. The van der Waals surface area contributed by atoms with Crippen LogP contribution in [0.25, 0.3) is 0 Å². The first-order chi connectivity index (χ1) is 8.95. The van der Waals surface area contributed by atoms with E-state index in [1.54, 1.807) is 0 Å². The fraction of sp³-hybridized carbons (Fsp3) is 0.643. The second kappa shape index (κ2) is 5.15. The quantitative estimate of drug-likeness (QED) is 0.884. The van der Waals surface area contributed by atoms with Gasteiger partial charge in [-0.15, -0.1) is 0 Å². The zero-order chi connectivity index (χ0) is 14.2. The van der Waals surface area contributed by atoms with Crippen LogP contribution in [0.2, 0.25) is 0 Å². The molecule has 1 saturated carbocycles. The summed E-state index contributed by atoms with van der Waals surface area (Å²) in [4.78, 5) is 20.3. The highest BCUT2D eigenvalue weighted by Gasteiger charge is 2.40. The fourth-order valence-electron chi connectivity index (χ4n) is 2.34. The average Bonchev–Trinajstić information content (AvgIpc) is 3.14. The van der Waals surface area contributed by atoms with Gasteiger partial charge in [-0.2, -0.15) is 4.98 Å². The van der Waals surface area contributed by atoms with Crippen molar-refractivity contribution in [2.45, 2.75) is 45.4 Å². The molecule has 0 aliphatic heterocycles. The number of rotatable bonds is 5. The third-order valence-corrected chi connectivity index (χ3v) is 3.50. The summed E-state index contributed by atoms with van der Waals surface area (Å²) in [6.45, 7) is 5.84. The average molecular weight is 264 g/mol. The minimum absolute atomic E-state index is 0.186. The van der Waals surface area contributed by atoms with Crippen LogP contribution in [0.1, 0.15) is 55.6 Å². The van der Waals surface area contributed by atoms with E-state index in [9.17, 15) is 9.90 Å². The zero-order valence-corrected chi connectivity index (χ0v) is 11.8. The Labute approximate surface area is 113 Å². The van der Waals surface area contributed by atoms with Gasteiger partial charge in [-0.3, -0.25) is 4.79 Å². The van der Waals surface area contributed by atoms with Gasteiger partial charge in [0.25, 0.3) is 0 Å². The molecule has 1 aromatic rings. The summed E-state index contributed by atoms with van der Waals surface area (Å²) in [6, 6.07) is 0. The lowest BCUT2D eigenvalue weighted by molar-refractivity contribution is -0.139. The molecule has 104 valence electrons. The largest absolute Gasteiger partial charge is 0.481 e. The number of hydrogen-bond acceptors (Lipinski definition) is 4. The molecule has 1 aliphatic carbocycles. The maximum Gasteiger partial charge on any atom is 0.311 e. The number of carboxylic acids is 1. The minimum Gasteiger partial charge on any atom is -0.481 e. The zero-order valence-electron chi connectivity index (χ0n) is 11.8. The molecule has 1 unspecified atom stereocenters. The molecule has 0 aromatic carbocycles. The molecule has 0 radical (unpaired) electrons. The molecule has 19 heavy (non-hydrogen) atoms. The first kappa shape index (κ1) is 13.8. The van der Waals surface area contributed by atoms with Crippen LogP contribution < -0.4 is 4.74 Å². The summed E-state index contributed by atoms with van der Waals surface area (Å²) >= 11 is 0. The number of nitrogens with zero attached hydrogens (tertiary/aromatic N) is 2. The van der Waals surface area contributed by atoms with E-state index >= 15 is 0 Å². The maximum absolute atomic E-state index is 11.5. The van der Waals surface area contributed by atoms with E-state index in [1.807, 2.05) is 20.8 Å². The fourth-order valence-corrected chi connectivity index (χ4v) is 2.34. The molecule has 5 nitrogen and oxygen atoms in total. The predicted molar refractivity (Wildman–Crippen MR) is 70.5 cm³/mol. The number of aryl methyl sites for hydroxylation is 1. The number of aliphatic carboxylic acids is 1. The van der Waals surface area contributed by atoms with Crippen molar-refractivity contribution in [1.82, 2.24) is 9.97 Å². The standard InChI is InChI=1S/C14H20N2O3/c1-7(2)12-15-8(3)10(13(16-12)19-4)11(14(17)18)9-5-6-9/h7,9,11H,5-6H2,1-4H3,(H,17,18). The van der Waals surface area contributed by atoms with Crippen molar-refractivity contribution in [1.29, 1.82) is 0 Å². The van der Waals surface area contributed by atoms with E-state index in [-0.39, 0.29) is 11.8 Å². The van der Waals surface area contributed by atoms with Crippen molar-refractivity contribution >= 4 is 5.97 Å². The molecular formula is C14H20N2O3. The Hall–Kier alpha value is -1.65. The van der Waals surface area contributed by atoms with E-state index in [0.29, 0.717) is 17.3 Å². The van der Waals surface area contributed by atoms with E-state index in [2.05, 4.69) is 9.97 Å². The van der Waals surface area contributed by atoms with Crippen molar-refractivity contribution in [3.63, 3.8) is 0 Å². The van der Waals surface area contributed by atoms with Crippen LogP contribution in [-0.4, -0.2) is 28.2 Å². The van der Waals surface area contributed by atoms with Gasteiger partial charge in [0.2, 0.25) is 5.88 Å². The lowest BCUT2D eigenvalue weighted by Crippen LogP contribution is -2.18. The van der Waals surface area contributed by atoms with E-state index in [0.717, 1.165) is 18.5 Å².